The quantitative estimate of drug-likeness (QED) is 0.146. The van der Waals surface area contributed by atoms with Crippen molar-refractivity contribution in [2.24, 2.45) is 0 Å². The van der Waals surface area contributed by atoms with Gasteiger partial charge in [0.1, 0.15) is 0 Å². The molecule has 0 atom stereocenters. The van der Waals surface area contributed by atoms with E-state index in [9.17, 15) is 0 Å². The van der Waals surface area contributed by atoms with E-state index in [0.717, 1.165) is 25.7 Å². The van der Waals surface area contributed by atoms with E-state index in [4.69, 9.17) is 0 Å². The Hall–Kier alpha value is -5.19. The van der Waals surface area contributed by atoms with Crippen LogP contribution in [0.25, 0.3) is 33.4 Å². The van der Waals surface area contributed by atoms with Gasteiger partial charge in [0.25, 0.3) is 0 Å². The van der Waals surface area contributed by atoms with Crippen LogP contribution >= 0.6 is 0 Å². The second-order valence-electron chi connectivity index (χ2n) is 17.0. The number of aryl methyl sites for hydroxylation is 2. The molecule has 4 aliphatic carbocycles. The first-order valence-corrected chi connectivity index (χ1v) is 25.3. The molecule has 0 amide bonds. The van der Waals surface area contributed by atoms with Crippen LogP contribution in [0.5, 0.6) is 0 Å². The molecule has 0 saturated carbocycles. The minimum absolute atomic E-state index is 0. The van der Waals surface area contributed by atoms with Crippen molar-refractivity contribution in [1.29, 1.82) is 0 Å². The molecule has 0 fully saturated rings. The van der Waals surface area contributed by atoms with E-state index in [1.807, 2.05) is 0 Å². The van der Waals surface area contributed by atoms with E-state index in [-0.39, 0.29) is 24.8 Å². The molecule has 0 bridgehead atoms. The zero-order valence-electron chi connectivity index (χ0n) is 38.4. The third-order valence-electron chi connectivity index (χ3n) is 12.5. The molecule has 0 saturated heterocycles. The summed E-state index contributed by atoms with van der Waals surface area (Å²) in [6.07, 6.45) is 17.3. The predicted molar refractivity (Wildman–Crippen MR) is 272 cm³/mol. The topological polar surface area (TPSA) is 0 Å². The van der Waals surface area contributed by atoms with Crippen molar-refractivity contribution in [2.45, 2.75) is 39.5 Å². The second-order valence-corrected chi connectivity index (χ2v) is 19.4. The summed E-state index contributed by atoms with van der Waals surface area (Å²) >= 11 is 2.92. The SMILES string of the molecule is Cc1cc2c([c-]c1C1=CC=CC1)Cc1ccccc1-2.Cc1cc2c([c-]c1C1=CC=CC1)Cc1ccccc1-2.[Cl-].[Cl-].[Zr]=[C](c1ccccc1)c1ccccc1.[Zr]=[C](c1ccccc1)c1ccccc1. The van der Waals surface area contributed by atoms with Gasteiger partial charge in [-0.2, -0.15) is 0 Å². The number of halogens is 2. The molecular weight excluding hydrogens is 1020 g/mol. The summed E-state index contributed by atoms with van der Waals surface area (Å²) in [6.45, 7) is 4.40. The molecule has 12 rings (SSSR count). The zero-order chi connectivity index (χ0) is 45.2. The Morgan fingerprint density at radius 2 is 0.706 bits per heavy atom. The van der Waals surface area contributed by atoms with Gasteiger partial charge >= 0.3 is 198 Å². The van der Waals surface area contributed by atoms with Crippen molar-refractivity contribution < 1.29 is 73.3 Å². The summed E-state index contributed by atoms with van der Waals surface area (Å²) in [5, 5.41) is 0. The van der Waals surface area contributed by atoms with Crippen LogP contribution in [-0.2, 0) is 61.3 Å². The van der Waals surface area contributed by atoms with Gasteiger partial charge in [-0.1, -0.05) is 109 Å². The average molecular weight is 1070 g/mol. The van der Waals surface area contributed by atoms with Gasteiger partial charge in [0.2, 0.25) is 0 Å². The summed E-state index contributed by atoms with van der Waals surface area (Å²) in [4.78, 5) is 0. The number of rotatable bonds is 6. The summed E-state index contributed by atoms with van der Waals surface area (Å²) < 4.78 is 2.83. The predicted octanol–water partition coefficient (Wildman–Crippen LogP) is 9.03. The van der Waals surface area contributed by atoms with E-state index < -0.39 is 0 Å². The maximum atomic E-state index is 3.67. The van der Waals surface area contributed by atoms with Crippen molar-refractivity contribution in [1.82, 2.24) is 0 Å². The number of fused-ring (bicyclic) bond motifs is 6. The molecular formula is C64H50Cl2Zr2-4. The Balaban J connectivity index is 0.000000134. The summed E-state index contributed by atoms with van der Waals surface area (Å²) in [5.41, 5.74) is 24.5. The van der Waals surface area contributed by atoms with Gasteiger partial charge in [0.15, 0.2) is 0 Å². The Kier molecular flexibility index (Phi) is 18.2. The van der Waals surface area contributed by atoms with Crippen molar-refractivity contribution in [2.75, 3.05) is 0 Å². The van der Waals surface area contributed by atoms with Crippen LogP contribution in [0.3, 0.4) is 0 Å². The van der Waals surface area contributed by atoms with Crippen LogP contribution in [0.15, 0.2) is 218 Å². The molecule has 68 heavy (non-hydrogen) atoms. The van der Waals surface area contributed by atoms with Crippen LogP contribution in [0, 0.1) is 26.0 Å². The number of hydrogen-bond acceptors (Lipinski definition) is 0. The van der Waals surface area contributed by atoms with Crippen LogP contribution in [0.1, 0.15) is 79.6 Å². The van der Waals surface area contributed by atoms with Gasteiger partial charge < -0.3 is 24.8 Å². The summed E-state index contributed by atoms with van der Waals surface area (Å²) in [5.74, 6) is 0. The van der Waals surface area contributed by atoms with Gasteiger partial charge in [-0.3, -0.25) is 0 Å². The first kappa shape index (κ1) is 50.7. The third-order valence-corrected chi connectivity index (χ3v) is 15.3. The molecule has 0 radical (unpaired) electrons. The average Bonchev–Trinajstić information content (AvgIpc) is 4.23. The molecule has 0 heterocycles. The van der Waals surface area contributed by atoms with Gasteiger partial charge in [-0.25, -0.2) is 0 Å². The van der Waals surface area contributed by atoms with E-state index >= 15 is 0 Å². The molecule has 8 aromatic rings. The molecule has 0 aromatic heterocycles. The third kappa shape index (κ3) is 12.0. The van der Waals surface area contributed by atoms with Crippen LogP contribution in [-0.4, -0.2) is 6.41 Å². The normalized spacial score (nSPS) is 12.5. The fraction of sp³-hybridized carbons (Fsp3) is 0.0938. The summed E-state index contributed by atoms with van der Waals surface area (Å²) in [6, 6.07) is 71.7. The molecule has 0 unspecified atom stereocenters. The van der Waals surface area contributed by atoms with Crippen molar-refractivity contribution in [3.05, 3.63) is 297 Å². The Labute approximate surface area is 445 Å². The number of allylic oxidation sites excluding steroid dienone is 8. The van der Waals surface area contributed by atoms with Crippen molar-refractivity contribution in [3.63, 3.8) is 0 Å². The second kappa shape index (κ2) is 24.4. The summed E-state index contributed by atoms with van der Waals surface area (Å²) in [7, 11) is 0. The molecule has 4 heteroatoms. The maximum absolute atomic E-state index is 3.67. The monoisotopic (exact) mass is 1070 g/mol. The van der Waals surface area contributed by atoms with Gasteiger partial charge in [-0.15, -0.1) is 80.9 Å². The van der Waals surface area contributed by atoms with E-state index in [1.54, 1.807) is 0 Å². The fourth-order valence-corrected chi connectivity index (χ4v) is 10.7. The molecule has 332 valence electrons. The molecule has 8 aromatic carbocycles. The molecule has 0 aliphatic heterocycles. The molecule has 0 nitrogen and oxygen atoms in total. The minimum atomic E-state index is 0. The van der Waals surface area contributed by atoms with Crippen LogP contribution in [0.4, 0.5) is 0 Å². The Bertz CT molecular complexity index is 2860. The van der Waals surface area contributed by atoms with E-state index in [1.165, 1.54) is 155 Å². The van der Waals surface area contributed by atoms with Crippen LogP contribution in [0.2, 0.25) is 0 Å². The fourth-order valence-electron chi connectivity index (χ4n) is 9.08. The Morgan fingerprint density at radius 3 is 1.01 bits per heavy atom. The molecule has 4 aliphatic rings. The van der Waals surface area contributed by atoms with E-state index in [2.05, 4.69) is 244 Å². The van der Waals surface area contributed by atoms with Gasteiger partial charge in [-0.05, 0) is 36.8 Å². The van der Waals surface area contributed by atoms with Gasteiger partial charge in [0, 0.05) is 0 Å². The van der Waals surface area contributed by atoms with Crippen molar-refractivity contribution in [3.8, 4) is 22.3 Å². The Morgan fingerprint density at radius 1 is 0.397 bits per heavy atom. The van der Waals surface area contributed by atoms with E-state index in [0.29, 0.717) is 0 Å². The number of hydrogen-bond donors (Lipinski definition) is 0. The number of benzene rings is 8. The van der Waals surface area contributed by atoms with Crippen LogP contribution < -0.4 is 24.8 Å². The first-order valence-electron chi connectivity index (χ1n) is 22.8. The van der Waals surface area contributed by atoms with Gasteiger partial charge in [0.05, 0.1) is 0 Å². The molecule has 0 spiro atoms. The van der Waals surface area contributed by atoms with Crippen molar-refractivity contribution >= 4 is 17.6 Å². The first-order chi connectivity index (χ1) is 32.4. The zero-order valence-corrected chi connectivity index (χ0v) is 44.8. The standard InChI is InChI=1S/2C19H15.2C13H10.2ClH.2Zr/c2*1-13-10-19-16(11-15-8-4-5-9-17(15)19)12-18(13)14-6-2-3-7-14;2*1-3-7-12(8-4-1)11-13-9-5-2-6-10-13;;;;/h2*2-6,8-10H,7,11H2,1H3;2*1-10H;2*1H;;/q2*-1;;;;;;/p-2. The molecule has 0 N–H and O–H groups in total.